The lowest BCUT2D eigenvalue weighted by molar-refractivity contribution is 0.0954. The maximum Gasteiger partial charge on any atom is 0.251 e. The van der Waals surface area contributed by atoms with Gasteiger partial charge in [-0.3, -0.25) is 9.78 Å². The highest BCUT2D eigenvalue weighted by atomic mass is 16.5. The Balaban J connectivity index is 1.53. The van der Waals surface area contributed by atoms with Crippen LogP contribution in [0.5, 0.6) is 11.5 Å². The van der Waals surface area contributed by atoms with Gasteiger partial charge in [0, 0.05) is 37.2 Å². The fraction of sp³-hybridized carbons (Fsp3) is 0.227. The highest BCUT2D eigenvalue weighted by Crippen LogP contribution is 2.27. The molecule has 0 fully saturated rings. The Morgan fingerprint density at radius 3 is 2.48 bits per heavy atom. The van der Waals surface area contributed by atoms with E-state index in [1.165, 1.54) is 0 Å². The molecule has 2 N–H and O–H groups in total. The first-order valence-electron chi connectivity index (χ1n) is 9.27. The van der Waals surface area contributed by atoms with E-state index < -0.39 is 0 Å². The zero-order chi connectivity index (χ0) is 20.5. The van der Waals surface area contributed by atoms with Crippen molar-refractivity contribution in [2.24, 2.45) is 0 Å². The summed E-state index contributed by atoms with van der Waals surface area (Å²) < 4.78 is 10.6. The van der Waals surface area contributed by atoms with E-state index in [1.807, 2.05) is 30.3 Å². The normalized spacial score (nSPS) is 10.3. The number of nitrogens with zero attached hydrogens (tertiary/aromatic N) is 2. The van der Waals surface area contributed by atoms with Gasteiger partial charge in [-0.2, -0.15) is 0 Å². The lowest BCUT2D eigenvalue weighted by Crippen LogP contribution is -2.25. The highest BCUT2D eigenvalue weighted by molar-refractivity contribution is 5.94. The molecule has 7 heteroatoms. The van der Waals surface area contributed by atoms with Gasteiger partial charge in [0.15, 0.2) is 11.5 Å². The summed E-state index contributed by atoms with van der Waals surface area (Å²) in [5, 5.41) is 6.16. The SMILES string of the molecule is COc1ccc(CCNC(=O)c2ccnc(NCc3ccncc3)c2)cc1OC. The number of hydrogen-bond donors (Lipinski definition) is 2. The Kier molecular flexibility index (Phi) is 7.00. The van der Waals surface area contributed by atoms with Gasteiger partial charge in [0.25, 0.3) is 5.91 Å². The largest absolute Gasteiger partial charge is 0.493 e. The Labute approximate surface area is 170 Å². The fourth-order valence-corrected chi connectivity index (χ4v) is 2.82. The van der Waals surface area contributed by atoms with Crippen LogP contribution in [-0.2, 0) is 13.0 Å². The molecular weight excluding hydrogens is 368 g/mol. The van der Waals surface area contributed by atoms with Crippen LogP contribution < -0.4 is 20.1 Å². The Morgan fingerprint density at radius 1 is 0.931 bits per heavy atom. The van der Waals surface area contributed by atoms with E-state index >= 15 is 0 Å². The summed E-state index contributed by atoms with van der Waals surface area (Å²) in [7, 11) is 3.21. The van der Waals surface area contributed by atoms with Gasteiger partial charge in [-0.1, -0.05) is 6.07 Å². The minimum absolute atomic E-state index is 0.139. The maximum absolute atomic E-state index is 12.5. The van der Waals surface area contributed by atoms with Gasteiger partial charge in [0.1, 0.15) is 5.82 Å². The van der Waals surface area contributed by atoms with Crippen LogP contribution in [0.15, 0.2) is 61.1 Å². The molecule has 150 valence electrons. The van der Waals surface area contributed by atoms with E-state index in [4.69, 9.17) is 9.47 Å². The molecule has 2 aromatic heterocycles. The summed E-state index contributed by atoms with van der Waals surface area (Å²) in [6, 6.07) is 13.0. The Bertz CT molecular complexity index is 948. The van der Waals surface area contributed by atoms with Gasteiger partial charge in [0.05, 0.1) is 14.2 Å². The number of carbonyl (C=O) groups excluding carboxylic acids is 1. The molecule has 0 saturated heterocycles. The van der Waals surface area contributed by atoms with Crippen LogP contribution in [0, 0.1) is 0 Å². The number of pyridine rings is 2. The monoisotopic (exact) mass is 392 g/mol. The van der Waals surface area contributed by atoms with E-state index in [2.05, 4.69) is 20.6 Å². The van der Waals surface area contributed by atoms with Crippen molar-refractivity contribution in [1.82, 2.24) is 15.3 Å². The number of nitrogens with one attached hydrogen (secondary N) is 2. The average Bonchev–Trinajstić information content (AvgIpc) is 2.78. The van der Waals surface area contributed by atoms with Crippen molar-refractivity contribution in [1.29, 1.82) is 0 Å². The van der Waals surface area contributed by atoms with Crippen molar-refractivity contribution in [3.05, 3.63) is 77.7 Å². The second-order valence-electron chi connectivity index (χ2n) is 6.33. The number of benzene rings is 1. The van der Waals surface area contributed by atoms with Gasteiger partial charge < -0.3 is 20.1 Å². The number of rotatable bonds is 9. The summed E-state index contributed by atoms with van der Waals surface area (Å²) in [5.41, 5.74) is 2.70. The number of anilines is 1. The molecule has 0 aliphatic heterocycles. The van der Waals surface area contributed by atoms with Crippen LogP contribution in [0.4, 0.5) is 5.82 Å². The average molecular weight is 392 g/mol. The molecule has 0 bridgehead atoms. The zero-order valence-electron chi connectivity index (χ0n) is 16.5. The number of amides is 1. The third kappa shape index (κ3) is 5.68. The predicted molar refractivity (Wildman–Crippen MR) is 111 cm³/mol. The molecule has 3 rings (SSSR count). The third-order valence-corrected chi connectivity index (χ3v) is 4.39. The molecule has 0 aliphatic rings. The summed E-state index contributed by atoms with van der Waals surface area (Å²) in [4.78, 5) is 20.7. The van der Waals surface area contributed by atoms with Gasteiger partial charge in [-0.15, -0.1) is 0 Å². The van der Waals surface area contributed by atoms with Crippen LogP contribution in [0.1, 0.15) is 21.5 Å². The van der Waals surface area contributed by atoms with Crippen LogP contribution >= 0.6 is 0 Å². The number of ether oxygens (including phenoxy) is 2. The van der Waals surface area contributed by atoms with Crippen molar-refractivity contribution < 1.29 is 14.3 Å². The quantitative estimate of drug-likeness (QED) is 0.582. The first-order valence-corrected chi connectivity index (χ1v) is 9.27. The third-order valence-electron chi connectivity index (χ3n) is 4.39. The van der Waals surface area contributed by atoms with Crippen molar-refractivity contribution >= 4 is 11.7 Å². The molecule has 0 saturated carbocycles. The first-order chi connectivity index (χ1) is 14.2. The summed E-state index contributed by atoms with van der Waals surface area (Å²) in [5.74, 6) is 1.87. The van der Waals surface area contributed by atoms with Crippen molar-refractivity contribution in [2.75, 3.05) is 26.1 Å². The van der Waals surface area contributed by atoms with Gasteiger partial charge in [0.2, 0.25) is 0 Å². The smallest absolute Gasteiger partial charge is 0.251 e. The summed E-state index contributed by atoms with van der Waals surface area (Å²) >= 11 is 0. The van der Waals surface area contributed by atoms with Crippen LogP contribution in [0.2, 0.25) is 0 Å². The van der Waals surface area contributed by atoms with Gasteiger partial charge in [-0.25, -0.2) is 4.98 Å². The molecular formula is C22H24N4O3. The first kappa shape index (κ1) is 20.1. The Hall–Kier alpha value is -3.61. The number of aromatic nitrogens is 2. The standard InChI is InChI=1S/C22H24N4O3/c1-28-19-4-3-16(13-20(19)29-2)7-11-25-22(27)18-8-12-24-21(14-18)26-15-17-5-9-23-10-6-17/h3-6,8-10,12-14H,7,11,15H2,1-2H3,(H,24,26)(H,25,27). The van der Waals surface area contributed by atoms with Crippen LogP contribution in [-0.4, -0.2) is 36.6 Å². The van der Waals surface area contributed by atoms with Gasteiger partial charge in [-0.05, 0) is 53.9 Å². The number of carbonyl (C=O) groups is 1. The number of hydrogen-bond acceptors (Lipinski definition) is 6. The molecule has 0 spiro atoms. The molecule has 0 unspecified atom stereocenters. The van der Waals surface area contributed by atoms with E-state index in [0.717, 1.165) is 11.1 Å². The minimum Gasteiger partial charge on any atom is -0.493 e. The molecule has 7 nitrogen and oxygen atoms in total. The van der Waals surface area contributed by atoms with Crippen LogP contribution in [0.25, 0.3) is 0 Å². The molecule has 2 heterocycles. The molecule has 1 aromatic carbocycles. The molecule has 29 heavy (non-hydrogen) atoms. The lowest BCUT2D eigenvalue weighted by atomic mass is 10.1. The topological polar surface area (TPSA) is 85.4 Å². The molecule has 1 amide bonds. The Morgan fingerprint density at radius 2 is 1.72 bits per heavy atom. The van der Waals surface area contributed by atoms with E-state index in [0.29, 0.717) is 42.4 Å². The van der Waals surface area contributed by atoms with Gasteiger partial charge >= 0.3 is 0 Å². The molecule has 0 aliphatic carbocycles. The van der Waals surface area contributed by atoms with Crippen molar-refractivity contribution in [3.63, 3.8) is 0 Å². The summed E-state index contributed by atoms with van der Waals surface area (Å²) in [6.45, 7) is 1.12. The fourth-order valence-electron chi connectivity index (χ4n) is 2.82. The zero-order valence-corrected chi connectivity index (χ0v) is 16.5. The maximum atomic E-state index is 12.5. The second kappa shape index (κ2) is 10.1. The molecule has 3 aromatic rings. The van der Waals surface area contributed by atoms with E-state index in [9.17, 15) is 4.79 Å². The molecule has 0 atom stereocenters. The summed E-state index contributed by atoms with van der Waals surface area (Å²) in [6.07, 6.45) is 5.79. The predicted octanol–water partition coefficient (Wildman–Crippen LogP) is 3.08. The van der Waals surface area contributed by atoms with E-state index in [1.54, 1.807) is 44.9 Å². The van der Waals surface area contributed by atoms with E-state index in [-0.39, 0.29) is 5.91 Å². The minimum atomic E-state index is -0.139. The van der Waals surface area contributed by atoms with Crippen LogP contribution in [0.3, 0.4) is 0 Å². The second-order valence-corrected chi connectivity index (χ2v) is 6.33. The lowest BCUT2D eigenvalue weighted by Gasteiger charge is -2.10. The molecule has 0 radical (unpaired) electrons. The number of methoxy groups -OCH3 is 2. The van der Waals surface area contributed by atoms with Crippen molar-refractivity contribution in [3.8, 4) is 11.5 Å². The van der Waals surface area contributed by atoms with Crippen molar-refractivity contribution in [2.45, 2.75) is 13.0 Å². The highest BCUT2D eigenvalue weighted by Gasteiger charge is 2.08.